The molecule has 1 N–H and O–H groups in total. The van der Waals surface area contributed by atoms with Crippen LogP contribution in [0.5, 0.6) is 11.5 Å². The SMILES string of the molecule is COc1cc(OC)cc(C(=O)N2CCC3(CC2)CO[C@@H](CN2CCC[C@H](O)C2)C3)c1. The molecule has 1 aromatic carbocycles. The molecule has 0 bridgehead atoms. The van der Waals surface area contributed by atoms with Crippen molar-refractivity contribution in [2.75, 3.05) is 53.6 Å². The fourth-order valence-corrected chi connectivity index (χ4v) is 5.14. The Balaban J connectivity index is 1.32. The second kappa shape index (κ2) is 9.12. The molecule has 4 rings (SSSR count). The number of β-amino-alcohol motifs (C(OH)–C–C–N with tert-alkyl or cyclic N) is 1. The van der Waals surface area contributed by atoms with E-state index >= 15 is 0 Å². The number of nitrogens with zero attached hydrogens (tertiary/aromatic N) is 2. The maximum absolute atomic E-state index is 13.1. The topological polar surface area (TPSA) is 71.5 Å². The summed E-state index contributed by atoms with van der Waals surface area (Å²) in [5.41, 5.74) is 0.786. The molecule has 0 unspecified atom stereocenters. The van der Waals surface area contributed by atoms with Gasteiger partial charge in [0.05, 0.1) is 33.0 Å². The van der Waals surface area contributed by atoms with Crippen LogP contribution in [0.3, 0.4) is 0 Å². The Labute approximate surface area is 178 Å². The van der Waals surface area contributed by atoms with E-state index in [1.807, 2.05) is 4.90 Å². The van der Waals surface area contributed by atoms with Gasteiger partial charge in [-0.1, -0.05) is 0 Å². The number of methoxy groups -OCH3 is 2. The molecule has 1 aromatic rings. The summed E-state index contributed by atoms with van der Waals surface area (Å²) < 4.78 is 16.8. The third kappa shape index (κ3) is 4.74. The number of piperidine rings is 2. The number of hydrogen-bond acceptors (Lipinski definition) is 6. The third-order valence-electron chi connectivity index (χ3n) is 6.94. The quantitative estimate of drug-likeness (QED) is 0.790. The van der Waals surface area contributed by atoms with Crippen LogP contribution in [0.1, 0.15) is 42.5 Å². The van der Waals surface area contributed by atoms with Crippen molar-refractivity contribution in [3.63, 3.8) is 0 Å². The molecule has 0 aromatic heterocycles. The van der Waals surface area contributed by atoms with Crippen LogP contribution in [-0.2, 0) is 4.74 Å². The van der Waals surface area contributed by atoms with Crippen molar-refractivity contribution in [1.29, 1.82) is 0 Å². The molecule has 7 nitrogen and oxygen atoms in total. The normalized spacial score (nSPS) is 26.7. The van der Waals surface area contributed by atoms with Crippen LogP contribution in [0.25, 0.3) is 0 Å². The van der Waals surface area contributed by atoms with E-state index in [1.54, 1.807) is 32.4 Å². The number of carbonyl (C=O) groups excluding carboxylic acids is 1. The van der Waals surface area contributed by atoms with Gasteiger partial charge in [0.1, 0.15) is 11.5 Å². The number of rotatable bonds is 5. The molecule has 3 aliphatic heterocycles. The van der Waals surface area contributed by atoms with Crippen LogP contribution >= 0.6 is 0 Å². The van der Waals surface area contributed by atoms with E-state index in [0.717, 1.165) is 71.4 Å². The van der Waals surface area contributed by atoms with Gasteiger partial charge in [0.15, 0.2) is 0 Å². The van der Waals surface area contributed by atoms with Crippen LogP contribution in [0.2, 0.25) is 0 Å². The lowest BCUT2D eigenvalue weighted by Gasteiger charge is -2.38. The highest BCUT2D eigenvalue weighted by Crippen LogP contribution is 2.42. The maximum Gasteiger partial charge on any atom is 0.254 e. The number of carbonyl (C=O) groups is 1. The summed E-state index contributed by atoms with van der Waals surface area (Å²) in [5.74, 6) is 1.28. The highest BCUT2D eigenvalue weighted by Gasteiger charge is 2.43. The van der Waals surface area contributed by atoms with Gasteiger partial charge in [-0.15, -0.1) is 0 Å². The molecule has 3 fully saturated rings. The Morgan fingerprint density at radius 3 is 2.50 bits per heavy atom. The molecular formula is C23H34N2O5. The first-order valence-electron chi connectivity index (χ1n) is 11.0. The fraction of sp³-hybridized carbons (Fsp3) is 0.696. The summed E-state index contributed by atoms with van der Waals surface area (Å²) in [4.78, 5) is 17.3. The van der Waals surface area contributed by atoms with Gasteiger partial charge in [-0.25, -0.2) is 0 Å². The Morgan fingerprint density at radius 1 is 1.17 bits per heavy atom. The second-order valence-corrected chi connectivity index (χ2v) is 9.09. The Hall–Kier alpha value is -1.83. The van der Waals surface area contributed by atoms with Gasteiger partial charge in [0, 0.05) is 37.8 Å². The van der Waals surface area contributed by atoms with Crippen molar-refractivity contribution < 1.29 is 24.1 Å². The standard InChI is InChI=1S/C23H34N2O5/c1-28-19-10-17(11-20(12-19)29-2)22(27)25-8-5-23(6-9-25)13-21(30-16-23)15-24-7-3-4-18(26)14-24/h10-12,18,21,26H,3-9,13-16H2,1-2H3/t18-,21+/m0/s1. The summed E-state index contributed by atoms with van der Waals surface area (Å²) in [6, 6.07) is 5.33. The number of hydrogen-bond donors (Lipinski definition) is 1. The van der Waals surface area contributed by atoms with Crippen LogP contribution in [-0.4, -0.2) is 86.6 Å². The largest absolute Gasteiger partial charge is 0.497 e. The van der Waals surface area contributed by atoms with Crippen LogP contribution in [0.15, 0.2) is 18.2 Å². The predicted octanol–water partition coefficient (Wildman–Crippen LogP) is 2.17. The van der Waals surface area contributed by atoms with E-state index in [-0.39, 0.29) is 23.5 Å². The van der Waals surface area contributed by atoms with Gasteiger partial charge in [-0.05, 0) is 56.2 Å². The number of likely N-dealkylation sites (tertiary alicyclic amines) is 2. The van der Waals surface area contributed by atoms with Crippen molar-refractivity contribution in [3.8, 4) is 11.5 Å². The van der Waals surface area contributed by atoms with Gasteiger partial charge in [0.25, 0.3) is 5.91 Å². The number of benzene rings is 1. The Bertz CT molecular complexity index is 725. The van der Waals surface area contributed by atoms with E-state index in [2.05, 4.69) is 4.90 Å². The van der Waals surface area contributed by atoms with Gasteiger partial charge in [-0.2, -0.15) is 0 Å². The highest BCUT2D eigenvalue weighted by atomic mass is 16.5. The fourth-order valence-electron chi connectivity index (χ4n) is 5.14. The molecule has 0 aliphatic carbocycles. The average molecular weight is 419 g/mol. The van der Waals surface area contributed by atoms with Crippen molar-refractivity contribution in [3.05, 3.63) is 23.8 Å². The van der Waals surface area contributed by atoms with Crippen molar-refractivity contribution in [2.24, 2.45) is 5.41 Å². The smallest absolute Gasteiger partial charge is 0.254 e. The number of aliphatic hydroxyl groups excluding tert-OH is 1. The van der Waals surface area contributed by atoms with Crippen molar-refractivity contribution in [2.45, 2.75) is 44.3 Å². The van der Waals surface area contributed by atoms with E-state index in [4.69, 9.17) is 14.2 Å². The summed E-state index contributed by atoms with van der Waals surface area (Å²) in [6.45, 7) is 5.00. The molecule has 0 saturated carbocycles. The minimum Gasteiger partial charge on any atom is -0.497 e. The molecule has 2 atom stereocenters. The van der Waals surface area contributed by atoms with Crippen molar-refractivity contribution in [1.82, 2.24) is 9.80 Å². The lowest BCUT2D eigenvalue weighted by atomic mass is 9.76. The lowest BCUT2D eigenvalue weighted by Crippen LogP contribution is -2.44. The van der Waals surface area contributed by atoms with E-state index in [1.165, 1.54) is 0 Å². The lowest BCUT2D eigenvalue weighted by molar-refractivity contribution is 0.0227. The zero-order valence-electron chi connectivity index (χ0n) is 18.1. The molecule has 1 spiro atoms. The Morgan fingerprint density at radius 2 is 1.87 bits per heavy atom. The average Bonchev–Trinajstić information content (AvgIpc) is 3.15. The first-order valence-corrected chi connectivity index (χ1v) is 11.0. The summed E-state index contributed by atoms with van der Waals surface area (Å²) in [7, 11) is 3.18. The molecule has 3 heterocycles. The molecule has 3 saturated heterocycles. The molecule has 1 amide bonds. The van der Waals surface area contributed by atoms with Crippen molar-refractivity contribution >= 4 is 5.91 Å². The van der Waals surface area contributed by atoms with Crippen LogP contribution in [0, 0.1) is 5.41 Å². The van der Waals surface area contributed by atoms with E-state index < -0.39 is 0 Å². The number of ether oxygens (including phenoxy) is 3. The van der Waals surface area contributed by atoms with Crippen LogP contribution in [0.4, 0.5) is 0 Å². The molecular weight excluding hydrogens is 384 g/mol. The zero-order chi connectivity index (χ0) is 21.1. The molecule has 3 aliphatic rings. The monoisotopic (exact) mass is 418 g/mol. The first kappa shape index (κ1) is 21.4. The Kier molecular flexibility index (Phi) is 6.51. The molecule has 7 heteroatoms. The van der Waals surface area contributed by atoms with Gasteiger partial charge >= 0.3 is 0 Å². The van der Waals surface area contributed by atoms with E-state index in [9.17, 15) is 9.90 Å². The summed E-state index contributed by atoms with van der Waals surface area (Å²) >= 11 is 0. The minimum atomic E-state index is -0.196. The number of amides is 1. The summed E-state index contributed by atoms with van der Waals surface area (Å²) in [5, 5.41) is 9.90. The predicted molar refractivity (Wildman–Crippen MR) is 113 cm³/mol. The highest BCUT2D eigenvalue weighted by molar-refractivity contribution is 5.95. The van der Waals surface area contributed by atoms with Gasteiger partial charge in [-0.3, -0.25) is 9.69 Å². The van der Waals surface area contributed by atoms with E-state index in [0.29, 0.717) is 17.1 Å². The van der Waals surface area contributed by atoms with Gasteiger partial charge in [0.2, 0.25) is 0 Å². The molecule has 30 heavy (non-hydrogen) atoms. The second-order valence-electron chi connectivity index (χ2n) is 9.09. The first-order chi connectivity index (χ1) is 14.5. The van der Waals surface area contributed by atoms with Crippen LogP contribution < -0.4 is 9.47 Å². The molecule has 166 valence electrons. The number of aliphatic hydroxyl groups is 1. The molecule has 0 radical (unpaired) electrons. The zero-order valence-corrected chi connectivity index (χ0v) is 18.1. The summed E-state index contributed by atoms with van der Waals surface area (Å²) in [6.07, 6.45) is 5.01. The minimum absolute atomic E-state index is 0.0276. The third-order valence-corrected chi connectivity index (χ3v) is 6.94. The van der Waals surface area contributed by atoms with Gasteiger partial charge < -0.3 is 24.2 Å². The maximum atomic E-state index is 13.1.